The number of nitrogens with one attached hydrogen (secondary N) is 1. The molecule has 58 valence electrons. The number of hydrogen-bond acceptors (Lipinski definition) is 4. The lowest BCUT2D eigenvalue weighted by Gasteiger charge is -2.01. The largest absolute Gasteiger partial charge is 0.291 e. The molecule has 1 rings (SSSR count). The van der Waals surface area contributed by atoms with Crippen LogP contribution in [-0.4, -0.2) is 5.21 Å². The Labute approximate surface area is 63.8 Å². The molecule has 4 nitrogen and oxygen atoms in total. The molecule has 0 fully saturated rings. The van der Waals surface area contributed by atoms with E-state index in [2.05, 4.69) is 5.18 Å². The average molecular weight is 152 g/mol. The normalized spacial score (nSPS) is 9.27. The number of anilines is 1. The Morgan fingerprint density at radius 3 is 2.82 bits per heavy atom. The molecule has 0 unspecified atom stereocenters. The first kappa shape index (κ1) is 7.68. The monoisotopic (exact) mass is 152 g/mol. The highest BCUT2D eigenvalue weighted by molar-refractivity contribution is 5.64. The molecule has 1 aromatic rings. The first-order valence-electron chi connectivity index (χ1n) is 3.12. The van der Waals surface area contributed by atoms with E-state index in [1.807, 2.05) is 12.4 Å². The minimum Gasteiger partial charge on any atom is -0.291 e. The van der Waals surface area contributed by atoms with Crippen LogP contribution in [0.4, 0.5) is 11.4 Å². The number of nitroso groups, excluding NO2 is 1. The predicted molar refractivity (Wildman–Crippen MR) is 42.0 cm³/mol. The van der Waals surface area contributed by atoms with Crippen molar-refractivity contribution >= 4 is 11.4 Å². The Kier molecular flexibility index (Phi) is 2.18. The van der Waals surface area contributed by atoms with Crippen LogP contribution in [0.15, 0.2) is 23.4 Å². The Morgan fingerprint density at radius 1 is 1.55 bits per heavy atom. The van der Waals surface area contributed by atoms with Crippen LogP contribution in [-0.2, 0) is 0 Å². The number of aryl methyl sites for hydroxylation is 1. The zero-order chi connectivity index (χ0) is 8.27. The molecule has 0 aliphatic carbocycles. The number of hydrogen-bond donors (Lipinski definition) is 2. The van der Waals surface area contributed by atoms with E-state index in [9.17, 15) is 4.91 Å². The van der Waals surface area contributed by atoms with Gasteiger partial charge in [0.2, 0.25) is 0 Å². The fraction of sp³-hybridized carbons (Fsp3) is 0.143. The molecule has 0 saturated carbocycles. The second-order valence-corrected chi connectivity index (χ2v) is 2.22. The van der Waals surface area contributed by atoms with Crippen molar-refractivity contribution in [2.24, 2.45) is 5.18 Å². The van der Waals surface area contributed by atoms with Gasteiger partial charge in [0, 0.05) is 0 Å². The Bertz CT molecular complexity index is 273. The van der Waals surface area contributed by atoms with Crippen LogP contribution in [0, 0.1) is 11.8 Å². The van der Waals surface area contributed by atoms with Crippen LogP contribution < -0.4 is 5.48 Å². The average Bonchev–Trinajstić information content (AvgIpc) is 2.04. The summed E-state index contributed by atoms with van der Waals surface area (Å²) in [7, 11) is 0. The summed E-state index contributed by atoms with van der Waals surface area (Å²) in [4.78, 5) is 10.1. The van der Waals surface area contributed by atoms with Crippen molar-refractivity contribution in [1.29, 1.82) is 0 Å². The Balaban J connectivity index is 3.16. The molecule has 0 bridgehead atoms. The summed E-state index contributed by atoms with van der Waals surface area (Å²) in [6, 6.07) is 4.93. The molecule has 1 aromatic carbocycles. The first-order valence-corrected chi connectivity index (χ1v) is 3.12. The van der Waals surface area contributed by atoms with Crippen LogP contribution in [0.2, 0.25) is 0 Å². The summed E-state index contributed by atoms with van der Waals surface area (Å²) >= 11 is 0. The van der Waals surface area contributed by atoms with Crippen molar-refractivity contribution in [1.82, 2.24) is 0 Å². The first-order chi connectivity index (χ1) is 5.27. The minimum absolute atomic E-state index is 0.207. The van der Waals surface area contributed by atoms with E-state index in [0.29, 0.717) is 5.69 Å². The quantitative estimate of drug-likeness (QED) is 0.504. The summed E-state index contributed by atoms with van der Waals surface area (Å²) in [5, 5.41) is 11.2. The fourth-order valence-electron chi connectivity index (χ4n) is 0.819. The van der Waals surface area contributed by atoms with Crippen LogP contribution in [0.3, 0.4) is 0 Å². The van der Waals surface area contributed by atoms with Gasteiger partial charge in [-0.1, -0.05) is 6.07 Å². The van der Waals surface area contributed by atoms with Gasteiger partial charge in [-0.3, -0.25) is 10.7 Å². The van der Waals surface area contributed by atoms with E-state index < -0.39 is 0 Å². The van der Waals surface area contributed by atoms with Crippen molar-refractivity contribution in [2.45, 2.75) is 6.92 Å². The molecule has 4 heteroatoms. The van der Waals surface area contributed by atoms with Gasteiger partial charge in [0.15, 0.2) is 0 Å². The van der Waals surface area contributed by atoms with E-state index in [4.69, 9.17) is 5.21 Å². The van der Waals surface area contributed by atoms with Crippen LogP contribution in [0.5, 0.6) is 0 Å². The fourth-order valence-corrected chi connectivity index (χ4v) is 0.819. The maximum Gasteiger partial charge on any atom is 0.133 e. The summed E-state index contributed by atoms with van der Waals surface area (Å²) in [5.74, 6) is 0. The molecule has 0 saturated heterocycles. The SMILES string of the molecule is Cc1ccc(N=O)c(NO)c1. The highest BCUT2D eigenvalue weighted by Gasteiger charge is 1.99. The molecule has 0 heterocycles. The van der Waals surface area contributed by atoms with Gasteiger partial charge in [-0.05, 0) is 29.8 Å². The highest BCUT2D eigenvalue weighted by atomic mass is 16.5. The van der Waals surface area contributed by atoms with Gasteiger partial charge in [-0.15, -0.1) is 4.91 Å². The zero-order valence-corrected chi connectivity index (χ0v) is 6.03. The molecular formula is C7H8N2O2. The number of nitrogens with zero attached hydrogens (tertiary/aromatic N) is 1. The zero-order valence-electron chi connectivity index (χ0n) is 6.03. The van der Waals surface area contributed by atoms with Crippen molar-refractivity contribution in [2.75, 3.05) is 5.48 Å². The van der Waals surface area contributed by atoms with Gasteiger partial charge in [-0.25, -0.2) is 0 Å². The van der Waals surface area contributed by atoms with E-state index in [0.717, 1.165) is 5.56 Å². The smallest absolute Gasteiger partial charge is 0.133 e. The molecule has 0 aliphatic rings. The van der Waals surface area contributed by atoms with Gasteiger partial charge < -0.3 is 0 Å². The summed E-state index contributed by atoms with van der Waals surface area (Å²) < 4.78 is 0. The second-order valence-electron chi connectivity index (χ2n) is 2.22. The molecule has 0 amide bonds. The maximum atomic E-state index is 10.1. The van der Waals surface area contributed by atoms with E-state index in [1.54, 1.807) is 18.2 Å². The van der Waals surface area contributed by atoms with Crippen LogP contribution in [0.25, 0.3) is 0 Å². The Morgan fingerprint density at radius 2 is 2.27 bits per heavy atom. The summed E-state index contributed by atoms with van der Waals surface area (Å²) in [6.07, 6.45) is 0. The van der Waals surface area contributed by atoms with Gasteiger partial charge in [0.1, 0.15) is 5.69 Å². The standard InChI is InChI=1S/C7H8N2O2/c1-5-2-3-6(8-10)7(4-5)9-11/h2-4,9,11H,1H3. The third kappa shape index (κ3) is 1.53. The van der Waals surface area contributed by atoms with Crippen molar-refractivity contribution in [3.05, 3.63) is 28.7 Å². The van der Waals surface area contributed by atoms with E-state index in [-0.39, 0.29) is 5.69 Å². The number of benzene rings is 1. The molecule has 11 heavy (non-hydrogen) atoms. The van der Waals surface area contributed by atoms with Gasteiger partial charge in [0.25, 0.3) is 0 Å². The van der Waals surface area contributed by atoms with Crippen molar-refractivity contribution in [3.8, 4) is 0 Å². The lowest BCUT2D eigenvalue weighted by atomic mass is 10.2. The summed E-state index contributed by atoms with van der Waals surface area (Å²) in [5.41, 5.74) is 3.39. The molecule has 0 atom stereocenters. The summed E-state index contributed by atoms with van der Waals surface area (Å²) in [6.45, 7) is 1.86. The topological polar surface area (TPSA) is 61.7 Å². The minimum atomic E-state index is 0.207. The van der Waals surface area contributed by atoms with Gasteiger partial charge in [-0.2, -0.15) is 0 Å². The molecule has 2 N–H and O–H groups in total. The van der Waals surface area contributed by atoms with Crippen molar-refractivity contribution in [3.63, 3.8) is 0 Å². The lowest BCUT2D eigenvalue weighted by molar-refractivity contribution is 0.389. The molecular weight excluding hydrogens is 144 g/mol. The lowest BCUT2D eigenvalue weighted by Crippen LogP contribution is -1.89. The van der Waals surface area contributed by atoms with Gasteiger partial charge >= 0.3 is 0 Å². The highest BCUT2D eigenvalue weighted by Crippen LogP contribution is 2.24. The molecule has 0 aromatic heterocycles. The third-order valence-electron chi connectivity index (χ3n) is 1.37. The van der Waals surface area contributed by atoms with E-state index in [1.165, 1.54) is 0 Å². The molecule has 0 spiro atoms. The maximum absolute atomic E-state index is 10.1. The third-order valence-corrected chi connectivity index (χ3v) is 1.37. The predicted octanol–water partition coefficient (Wildman–Crippen LogP) is 2.19. The van der Waals surface area contributed by atoms with E-state index >= 15 is 0 Å². The molecule has 0 radical (unpaired) electrons. The van der Waals surface area contributed by atoms with Crippen LogP contribution >= 0.6 is 0 Å². The van der Waals surface area contributed by atoms with Gasteiger partial charge in [0.05, 0.1) is 5.69 Å². The number of rotatable bonds is 2. The van der Waals surface area contributed by atoms with Crippen LogP contribution in [0.1, 0.15) is 5.56 Å². The Hall–Kier alpha value is -1.42. The second kappa shape index (κ2) is 3.12. The van der Waals surface area contributed by atoms with Crippen molar-refractivity contribution < 1.29 is 5.21 Å². The molecule has 0 aliphatic heterocycles.